The van der Waals surface area contributed by atoms with Gasteiger partial charge in [0.05, 0.1) is 22.3 Å². The average Bonchev–Trinajstić information content (AvgIpc) is 2.62. The van der Waals surface area contributed by atoms with Crippen molar-refractivity contribution in [2.75, 3.05) is 25.1 Å². The molecule has 0 fully saturated rings. The van der Waals surface area contributed by atoms with Gasteiger partial charge in [-0.05, 0) is 49.5 Å². The van der Waals surface area contributed by atoms with Crippen molar-refractivity contribution in [1.82, 2.24) is 5.32 Å². The normalized spacial score (nSPS) is 10.3. The molecule has 0 heterocycles. The van der Waals surface area contributed by atoms with Crippen molar-refractivity contribution < 1.29 is 14.3 Å². The summed E-state index contributed by atoms with van der Waals surface area (Å²) in [6, 6.07) is 11.8. The van der Waals surface area contributed by atoms with Crippen molar-refractivity contribution in [3.63, 3.8) is 0 Å². The molecule has 0 aliphatic rings. The van der Waals surface area contributed by atoms with Gasteiger partial charge < -0.3 is 14.8 Å². The molecule has 2 rings (SSSR count). The number of nitrogens with one attached hydrogen (secondary N) is 2. The minimum absolute atomic E-state index is 0.0904. The number of carbonyl (C=O) groups is 1. The Hall–Kier alpha value is -1.86. The highest BCUT2D eigenvalue weighted by Crippen LogP contribution is 2.29. The van der Waals surface area contributed by atoms with E-state index in [0.717, 1.165) is 0 Å². The largest absolute Gasteiger partial charge is 0.491 e. The molecule has 5 nitrogen and oxygen atoms in total. The first-order valence-corrected chi connectivity index (χ1v) is 9.04. The van der Waals surface area contributed by atoms with Crippen molar-refractivity contribution in [3.05, 3.63) is 58.1 Å². The van der Waals surface area contributed by atoms with Gasteiger partial charge in [-0.15, -0.1) is 0 Å². The second-order valence-electron chi connectivity index (χ2n) is 5.08. The summed E-state index contributed by atoms with van der Waals surface area (Å²) in [7, 11) is 0. The van der Waals surface area contributed by atoms with Crippen LogP contribution in [-0.4, -0.2) is 30.8 Å². The zero-order chi connectivity index (χ0) is 18.9. The maximum absolute atomic E-state index is 12.4. The first-order valence-electron chi connectivity index (χ1n) is 7.88. The number of para-hydroxylation sites is 1. The Morgan fingerprint density at radius 1 is 1.12 bits per heavy atom. The summed E-state index contributed by atoms with van der Waals surface area (Å²) in [4.78, 5) is 12.4. The van der Waals surface area contributed by atoms with E-state index < -0.39 is 0 Å². The predicted octanol–water partition coefficient (Wildman–Crippen LogP) is 4.54. The topological polar surface area (TPSA) is 59.6 Å². The second kappa shape index (κ2) is 10.3. The lowest BCUT2D eigenvalue weighted by atomic mass is 10.2. The van der Waals surface area contributed by atoms with Crippen LogP contribution < -0.4 is 15.4 Å². The van der Waals surface area contributed by atoms with Crippen molar-refractivity contribution in [3.8, 4) is 5.75 Å². The Balaban J connectivity index is 1.95. The highest BCUT2D eigenvalue weighted by molar-refractivity contribution is 7.80. The molecule has 0 saturated heterocycles. The number of thiocarbonyl (C=S) groups is 1. The van der Waals surface area contributed by atoms with Gasteiger partial charge in [0.15, 0.2) is 5.11 Å². The molecule has 2 aromatic carbocycles. The Morgan fingerprint density at radius 3 is 2.50 bits per heavy atom. The summed E-state index contributed by atoms with van der Waals surface area (Å²) < 4.78 is 10.8. The van der Waals surface area contributed by atoms with Gasteiger partial charge in [0.25, 0.3) is 5.91 Å². The maximum atomic E-state index is 12.4. The number of hydrogen-bond donors (Lipinski definition) is 2. The predicted molar refractivity (Wildman–Crippen MR) is 109 cm³/mol. The summed E-state index contributed by atoms with van der Waals surface area (Å²) >= 11 is 17.3. The Morgan fingerprint density at radius 2 is 1.81 bits per heavy atom. The third-order valence-corrected chi connectivity index (χ3v) is 4.06. The summed E-state index contributed by atoms with van der Waals surface area (Å²) in [5.74, 6) is 0.200. The fourth-order valence-corrected chi connectivity index (χ4v) is 2.71. The SMILES string of the molecule is CCOCCOc1cccc(C(=O)NC(=S)Nc2c(Cl)cccc2Cl)c1. The van der Waals surface area contributed by atoms with E-state index >= 15 is 0 Å². The van der Waals surface area contributed by atoms with Crippen LogP contribution in [0.2, 0.25) is 10.0 Å². The van der Waals surface area contributed by atoms with Crippen molar-refractivity contribution >= 4 is 52.1 Å². The van der Waals surface area contributed by atoms with Crippen LogP contribution in [0.25, 0.3) is 0 Å². The summed E-state index contributed by atoms with van der Waals surface area (Å²) in [6.45, 7) is 3.44. The lowest BCUT2D eigenvalue weighted by Crippen LogP contribution is -2.34. The van der Waals surface area contributed by atoms with E-state index in [2.05, 4.69) is 10.6 Å². The monoisotopic (exact) mass is 412 g/mol. The molecule has 2 aromatic rings. The molecule has 0 atom stereocenters. The number of rotatable bonds is 7. The highest BCUT2D eigenvalue weighted by Gasteiger charge is 2.12. The molecule has 8 heteroatoms. The zero-order valence-electron chi connectivity index (χ0n) is 14.1. The molecule has 138 valence electrons. The summed E-state index contributed by atoms with van der Waals surface area (Å²) in [5, 5.41) is 6.31. The van der Waals surface area contributed by atoms with Gasteiger partial charge >= 0.3 is 0 Å². The number of amides is 1. The molecule has 0 saturated carbocycles. The molecule has 1 amide bonds. The molecule has 0 bridgehead atoms. The van der Waals surface area contributed by atoms with Crippen molar-refractivity contribution in [2.45, 2.75) is 6.92 Å². The molecule has 0 spiro atoms. The minimum atomic E-state index is -0.374. The number of halogens is 2. The highest BCUT2D eigenvalue weighted by atomic mass is 35.5. The van der Waals surface area contributed by atoms with E-state index in [0.29, 0.717) is 46.9 Å². The van der Waals surface area contributed by atoms with E-state index in [1.807, 2.05) is 6.92 Å². The van der Waals surface area contributed by atoms with Crippen LogP contribution in [0.5, 0.6) is 5.75 Å². The smallest absolute Gasteiger partial charge is 0.257 e. The van der Waals surface area contributed by atoms with Crippen molar-refractivity contribution in [1.29, 1.82) is 0 Å². The van der Waals surface area contributed by atoms with Crippen LogP contribution >= 0.6 is 35.4 Å². The molecule has 0 unspecified atom stereocenters. The van der Waals surface area contributed by atoms with E-state index in [4.69, 9.17) is 44.9 Å². The second-order valence-corrected chi connectivity index (χ2v) is 6.30. The standard InChI is InChI=1S/C18H18Cl2N2O3S/c1-2-24-9-10-25-13-6-3-5-12(11-13)17(23)22-18(26)21-16-14(19)7-4-8-15(16)20/h3-8,11H,2,9-10H2,1H3,(H2,21,22,23,26). The summed E-state index contributed by atoms with van der Waals surface area (Å²) in [5.41, 5.74) is 0.849. The molecule has 26 heavy (non-hydrogen) atoms. The molecule has 2 N–H and O–H groups in total. The van der Waals surface area contributed by atoms with Crippen molar-refractivity contribution in [2.24, 2.45) is 0 Å². The van der Waals surface area contributed by atoms with Crippen LogP contribution in [0.3, 0.4) is 0 Å². The van der Waals surface area contributed by atoms with E-state index in [-0.39, 0.29) is 11.0 Å². The maximum Gasteiger partial charge on any atom is 0.257 e. The molecular formula is C18H18Cl2N2O3S. The number of ether oxygens (including phenoxy) is 2. The van der Waals surface area contributed by atoms with Gasteiger partial charge in [-0.3, -0.25) is 10.1 Å². The fraction of sp³-hybridized carbons (Fsp3) is 0.222. The number of hydrogen-bond acceptors (Lipinski definition) is 4. The lowest BCUT2D eigenvalue weighted by molar-refractivity contribution is 0.0976. The first-order chi connectivity index (χ1) is 12.5. The van der Waals surface area contributed by atoms with Gasteiger partial charge in [0.1, 0.15) is 12.4 Å². The van der Waals surface area contributed by atoms with E-state index in [9.17, 15) is 4.79 Å². The molecule has 0 aromatic heterocycles. The Labute approximate surface area is 167 Å². The van der Waals surface area contributed by atoms with Crippen LogP contribution in [-0.2, 0) is 4.74 Å². The number of benzene rings is 2. The van der Waals surface area contributed by atoms with Crippen LogP contribution in [0.15, 0.2) is 42.5 Å². The van der Waals surface area contributed by atoms with Gasteiger partial charge in [-0.2, -0.15) is 0 Å². The Kier molecular flexibility index (Phi) is 8.12. The van der Waals surface area contributed by atoms with Gasteiger partial charge in [-0.1, -0.05) is 35.3 Å². The lowest BCUT2D eigenvalue weighted by Gasteiger charge is -2.13. The zero-order valence-corrected chi connectivity index (χ0v) is 16.4. The molecular weight excluding hydrogens is 395 g/mol. The van der Waals surface area contributed by atoms with Crippen LogP contribution in [0, 0.1) is 0 Å². The molecule has 0 radical (unpaired) electrons. The van der Waals surface area contributed by atoms with Crippen LogP contribution in [0.1, 0.15) is 17.3 Å². The third-order valence-electron chi connectivity index (χ3n) is 3.23. The van der Waals surface area contributed by atoms with Gasteiger partial charge in [0.2, 0.25) is 0 Å². The molecule has 0 aliphatic heterocycles. The quantitative estimate of drug-likeness (QED) is 0.516. The molecule has 0 aliphatic carbocycles. The Bertz CT molecular complexity index is 767. The average molecular weight is 413 g/mol. The van der Waals surface area contributed by atoms with Crippen LogP contribution in [0.4, 0.5) is 5.69 Å². The fourth-order valence-electron chi connectivity index (χ4n) is 2.03. The first kappa shape index (κ1) is 20.5. The summed E-state index contributed by atoms with van der Waals surface area (Å²) in [6.07, 6.45) is 0. The van der Waals surface area contributed by atoms with Gasteiger partial charge in [0, 0.05) is 12.2 Å². The van der Waals surface area contributed by atoms with E-state index in [1.165, 1.54) is 0 Å². The number of carbonyl (C=O) groups excluding carboxylic acids is 1. The van der Waals surface area contributed by atoms with Gasteiger partial charge in [-0.25, -0.2) is 0 Å². The minimum Gasteiger partial charge on any atom is -0.491 e. The third kappa shape index (κ3) is 6.14. The van der Waals surface area contributed by atoms with E-state index in [1.54, 1.807) is 42.5 Å². The number of anilines is 1.